The van der Waals surface area contributed by atoms with E-state index < -0.39 is 34.5 Å². The zero-order valence-corrected chi connectivity index (χ0v) is 11.0. The maximum absolute atomic E-state index is 12.7. The van der Waals surface area contributed by atoms with Crippen LogP contribution in [0.25, 0.3) is 0 Å². The number of rotatable bonds is 2. The molecular weight excluding hydrogens is 309 g/mol. The normalized spacial score (nSPS) is 17.0. The molecule has 0 atom stereocenters. The molecule has 1 aliphatic rings. The SMILES string of the molecule is O=C(/C=C1\SC(=O)NC1=O)Nc1ccccc1C(F)(F)F. The van der Waals surface area contributed by atoms with E-state index in [2.05, 4.69) is 0 Å². The lowest BCUT2D eigenvalue weighted by molar-refractivity contribution is -0.137. The molecule has 1 heterocycles. The first-order chi connectivity index (χ1) is 9.77. The van der Waals surface area contributed by atoms with Gasteiger partial charge in [0.25, 0.3) is 11.1 Å². The summed E-state index contributed by atoms with van der Waals surface area (Å²) in [7, 11) is 0. The molecule has 2 rings (SSSR count). The molecule has 0 spiro atoms. The van der Waals surface area contributed by atoms with Gasteiger partial charge in [-0.2, -0.15) is 13.2 Å². The Morgan fingerprint density at radius 2 is 1.90 bits per heavy atom. The highest BCUT2D eigenvalue weighted by Crippen LogP contribution is 2.34. The Morgan fingerprint density at radius 1 is 1.24 bits per heavy atom. The molecule has 1 fully saturated rings. The molecular formula is C12H7F3N2O3S. The van der Waals surface area contributed by atoms with Crippen LogP contribution in [0.3, 0.4) is 0 Å². The lowest BCUT2D eigenvalue weighted by Gasteiger charge is -2.12. The second-order valence-electron chi connectivity index (χ2n) is 3.88. The summed E-state index contributed by atoms with van der Waals surface area (Å²) in [6.07, 6.45) is -3.84. The minimum Gasteiger partial charge on any atom is -0.322 e. The number of hydrogen-bond donors (Lipinski definition) is 2. The van der Waals surface area contributed by atoms with E-state index in [1.54, 1.807) is 0 Å². The van der Waals surface area contributed by atoms with Crippen molar-refractivity contribution in [2.75, 3.05) is 5.32 Å². The average Bonchev–Trinajstić information content (AvgIpc) is 2.67. The van der Waals surface area contributed by atoms with Crippen LogP contribution in [0, 0.1) is 0 Å². The molecule has 9 heteroatoms. The lowest BCUT2D eigenvalue weighted by Crippen LogP contribution is -2.19. The van der Waals surface area contributed by atoms with E-state index in [0.29, 0.717) is 11.8 Å². The number of nitrogens with one attached hydrogen (secondary N) is 2. The molecule has 1 saturated heterocycles. The van der Waals surface area contributed by atoms with Gasteiger partial charge in [-0.3, -0.25) is 19.7 Å². The number of halogens is 3. The van der Waals surface area contributed by atoms with Crippen molar-refractivity contribution in [2.24, 2.45) is 0 Å². The summed E-state index contributed by atoms with van der Waals surface area (Å²) in [5.41, 5.74) is -1.43. The van der Waals surface area contributed by atoms with Gasteiger partial charge in [-0.25, -0.2) is 0 Å². The number of carbonyl (C=O) groups excluding carboxylic acids is 3. The van der Waals surface area contributed by atoms with E-state index in [1.807, 2.05) is 10.6 Å². The molecule has 3 amide bonds. The molecule has 0 unspecified atom stereocenters. The van der Waals surface area contributed by atoms with E-state index >= 15 is 0 Å². The molecule has 0 saturated carbocycles. The van der Waals surface area contributed by atoms with E-state index in [1.165, 1.54) is 12.1 Å². The highest BCUT2D eigenvalue weighted by Gasteiger charge is 2.33. The van der Waals surface area contributed by atoms with Crippen molar-refractivity contribution >= 4 is 34.5 Å². The third-order valence-electron chi connectivity index (χ3n) is 2.39. The Bertz CT molecular complexity index is 655. The largest absolute Gasteiger partial charge is 0.418 e. The summed E-state index contributed by atoms with van der Waals surface area (Å²) in [5, 5.41) is 3.32. The number of para-hydroxylation sites is 1. The summed E-state index contributed by atoms with van der Waals surface area (Å²) >= 11 is 0.501. The van der Waals surface area contributed by atoms with Crippen molar-refractivity contribution in [3.63, 3.8) is 0 Å². The maximum atomic E-state index is 12.7. The fourth-order valence-corrected chi connectivity index (χ4v) is 2.20. The number of imide groups is 1. The molecule has 0 radical (unpaired) electrons. The zero-order chi connectivity index (χ0) is 15.6. The second-order valence-corrected chi connectivity index (χ2v) is 4.90. The summed E-state index contributed by atoms with van der Waals surface area (Å²) in [6.45, 7) is 0. The van der Waals surface area contributed by atoms with Crippen LogP contribution in [0.5, 0.6) is 0 Å². The molecule has 1 aromatic rings. The van der Waals surface area contributed by atoms with Crippen LogP contribution in [0.4, 0.5) is 23.7 Å². The Hall–Kier alpha value is -2.29. The first-order valence-corrected chi connectivity index (χ1v) is 6.31. The molecule has 21 heavy (non-hydrogen) atoms. The third kappa shape index (κ3) is 3.63. The quantitative estimate of drug-likeness (QED) is 0.822. The van der Waals surface area contributed by atoms with Gasteiger partial charge >= 0.3 is 6.18 Å². The van der Waals surface area contributed by atoms with Gasteiger partial charge in [-0.15, -0.1) is 0 Å². The van der Waals surface area contributed by atoms with Crippen molar-refractivity contribution < 1.29 is 27.6 Å². The van der Waals surface area contributed by atoms with Crippen LogP contribution in [-0.2, 0) is 15.8 Å². The molecule has 5 nitrogen and oxygen atoms in total. The molecule has 2 N–H and O–H groups in total. The Balaban J connectivity index is 2.20. The summed E-state index contributed by atoms with van der Waals surface area (Å²) in [5.74, 6) is -1.69. The predicted octanol–water partition coefficient (Wildman–Crippen LogP) is 2.51. The fraction of sp³-hybridized carbons (Fsp3) is 0.0833. The van der Waals surface area contributed by atoms with Gasteiger partial charge in [0.15, 0.2) is 0 Å². The van der Waals surface area contributed by atoms with Gasteiger partial charge in [-0.05, 0) is 23.9 Å². The molecule has 0 aliphatic carbocycles. The van der Waals surface area contributed by atoms with E-state index in [4.69, 9.17) is 0 Å². The Labute approximate surface area is 120 Å². The topological polar surface area (TPSA) is 75.3 Å². The highest BCUT2D eigenvalue weighted by molar-refractivity contribution is 8.18. The fourth-order valence-electron chi connectivity index (χ4n) is 1.55. The van der Waals surface area contributed by atoms with Crippen LogP contribution in [0.15, 0.2) is 35.2 Å². The van der Waals surface area contributed by atoms with Crippen LogP contribution in [0.1, 0.15) is 5.56 Å². The smallest absolute Gasteiger partial charge is 0.322 e. The minimum atomic E-state index is -4.62. The number of hydrogen-bond acceptors (Lipinski definition) is 4. The predicted molar refractivity (Wildman–Crippen MR) is 69.3 cm³/mol. The summed E-state index contributed by atoms with van der Waals surface area (Å²) in [6, 6.07) is 4.43. The number of carbonyl (C=O) groups is 3. The Kier molecular flexibility index (Phi) is 4.03. The molecule has 110 valence electrons. The van der Waals surface area contributed by atoms with Gasteiger partial charge < -0.3 is 5.32 Å². The average molecular weight is 316 g/mol. The van der Waals surface area contributed by atoms with Gasteiger partial charge in [0, 0.05) is 6.08 Å². The van der Waals surface area contributed by atoms with E-state index in [9.17, 15) is 27.6 Å². The van der Waals surface area contributed by atoms with Crippen molar-refractivity contribution in [3.05, 3.63) is 40.8 Å². The van der Waals surface area contributed by atoms with Gasteiger partial charge in [0.05, 0.1) is 16.2 Å². The first-order valence-electron chi connectivity index (χ1n) is 5.49. The van der Waals surface area contributed by atoms with Crippen molar-refractivity contribution in [1.82, 2.24) is 5.32 Å². The van der Waals surface area contributed by atoms with Gasteiger partial charge in [0.1, 0.15) is 0 Å². The van der Waals surface area contributed by atoms with Crippen LogP contribution < -0.4 is 10.6 Å². The summed E-state index contributed by atoms with van der Waals surface area (Å²) < 4.78 is 38.2. The molecule has 1 aromatic carbocycles. The first kappa shape index (κ1) is 15.1. The maximum Gasteiger partial charge on any atom is 0.418 e. The van der Waals surface area contributed by atoms with E-state index in [0.717, 1.165) is 18.2 Å². The van der Waals surface area contributed by atoms with Gasteiger partial charge in [0.2, 0.25) is 5.91 Å². The molecule has 0 aromatic heterocycles. The third-order valence-corrected chi connectivity index (χ3v) is 3.21. The second kappa shape index (κ2) is 5.60. The number of benzene rings is 1. The standard InChI is InChI=1S/C12H7F3N2O3S/c13-12(14,15)6-3-1-2-4-7(6)16-9(18)5-8-10(19)17-11(20)21-8/h1-5H,(H,16,18)(H,17,19,20)/b8-5-. The van der Waals surface area contributed by atoms with Crippen LogP contribution in [0.2, 0.25) is 0 Å². The lowest BCUT2D eigenvalue weighted by atomic mass is 10.1. The highest BCUT2D eigenvalue weighted by atomic mass is 32.2. The number of amides is 3. The minimum absolute atomic E-state index is 0.179. The van der Waals surface area contributed by atoms with Crippen LogP contribution in [-0.4, -0.2) is 17.1 Å². The van der Waals surface area contributed by atoms with Crippen molar-refractivity contribution in [1.29, 1.82) is 0 Å². The van der Waals surface area contributed by atoms with Crippen LogP contribution >= 0.6 is 11.8 Å². The molecule has 0 bridgehead atoms. The Morgan fingerprint density at radius 3 is 2.48 bits per heavy atom. The van der Waals surface area contributed by atoms with E-state index in [-0.39, 0.29) is 4.91 Å². The van der Waals surface area contributed by atoms with Crippen molar-refractivity contribution in [2.45, 2.75) is 6.18 Å². The monoisotopic (exact) mass is 316 g/mol. The number of alkyl halides is 3. The number of anilines is 1. The number of thioether (sulfide) groups is 1. The zero-order valence-electron chi connectivity index (χ0n) is 10.2. The van der Waals surface area contributed by atoms with Crippen molar-refractivity contribution in [3.8, 4) is 0 Å². The molecule has 1 aliphatic heterocycles. The summed E-state index contributed by atoms with van der Waals surface area (Å²) in [4.78, 5) is 33.6. The van der Waals surface area contributed by atoms with Gasteiger partial charge in [-0.1, -0.05) is 12.1 Å².